The average Bonchev–Trinajstić information content (AvgIpc) is 2.63. The van der Waals surface area contributed by atoms with Crippen LogP contribution >= 0.6 is 23.5 Å². The molecule has 0 unspecified atom stereocenters. The van der Waals surface area contributed by atoms with Crippen LogP contribution < -0.4 is 0 Å². The lowest BCUT2D eigenvalue weighted by molar-refractivity contribution is -0.0709. The molecule has 0 heterocycles. The summed E-state index contributed by atoms with van der Waals surface area (Å²) in [6.45, 7) is 0. The zero-order valence-corrected chi connectivity index (χ0v) is 16.2. The molecule has 0 amide bonds. The van der Waals surface area contributed by atoms with Gasteiger partial charge in [-0.1, -0.05) is 0 Å². The van der Waals surface area contributed by atoms with Crippen molar-refractivity contribution < 1.29 is 26.3 Å². The molecule has 0 saturated carbocycles. The second kappa shape index (κ2) is 9.04. The van der Waals surface area contributed by atoms with E-state index >= 15 is 0 Å². The second-order valence-corrected chi connectivity index (χ2v) is 7.07. The Morgan fingerprint density at radius 1 is 0.607 bits per heavy atom. The van der Waals surface area contributed by atoms with Gasteiger partial charge in [-0.3, -0.25) is 0 Å². The summed E-state index contributed by atoms with van der Waals surface area (Å²) in [6.07, 6.45) is -7.16. The molecule has 10 heteroatoms. The van der Waals surface area contributed by atoms with Crippen LogP contribution in [0.4, 0.5) is 37.7 Å². The number of aliphatic imine (C=N–C) groups is 2. The van der Waals surface area contributed by atoms with Crippen molar-refractivity contribution in [2.45, 2.75) is 22.1 Å². The number of rotatable bonds is 5. The lowest BCUT2D eigenvalue weighted by atomic mass is 10.2. The maximum absolute atomic E-state index is 13.4. The van der Waals surface area contributed by atoms with Crippen molar-refractivity contribution in [3.63, 3.8) is 0 Å². The Morgan fingerprint density at radius 3 is 1.11 bits per heavy atom. The normalized spacial score (nSPS) is 13.7. The molecule has 0 aliphatic heterocycles. The fraction of sp³-hybridized carbons (Fsp3) is 0.222. The van der Waals surface area contributed by atoms with E-state index in [9.17, 15) is 26.3 Å². The smallest absolute Gasteiger partial charge is 0.242 e. The molecule has 0 bridgehead atoms. The SMILES string of the molecule is CSc1ccc(N=C(C(=Nc2ccc(SC)cc2)C(F)(F)F)C(F)(F)F)cc1. The van der Waals surface area contributed by atoms with E-state index in [-0.39, 0.29) is 11.4 Å². The predicted molar refractivity (Wildman–Crippen MR) is 103 cm³/mol. The zero-order chi connectivity index (χ0) is 20.9. The van der Waals surface area contributed by atoms with E-state index in [1.807, 2.05) is 0 Å². The third-order valence-electron chi connectivity index (χ3n) is 3.39. The Morgan fingerprint density at radius 2 is 0.893 bits per heavy atom. The molecule has 2 aromatic carbocycles. The van der Waals surface area contributed by atoms with Crippen LogP contribution in [0.5, 0.6) is 0 Å². The number of hydrogen-bond acceptors (Lipinski definition) is 4. The highest BCUT2D eigenvalue weighted by atomic mass is 32.2. The lowest BCUT2D eigenvalue weighted by Gasteiger charge is -2.16. The summed E-state index contributed by atoms with van der Waals surface area (Å²) in [5.74, 6) is 0. The summed E-state index contributed by atoms with van der Waals surface area (Å²) < 4.78 is 80.6. The van der Waals surface area contributed by atoms with E-state index in [1.54, 1.807) is 12.5 Å². The van der Waals surface area contributed by atoms with E-state index in [1.165, 1.54) is 72.1 Å². The van der Waals surface area contributed by atoms with Gasteiger partial charge in [0, 0.05) is 9.79 Å². The molecule has 0 fully saturated rings. The largest absolute Gasteiger partial charge is 0.435 e. The summed E-state index contributed by atoms with van der Waals surface area (Å²) in [5.41, 5.74) is -4.68. The Labute approximate surface area is 166 Å². The number of benzene rings is 2. The van der Waals surface area contributed by atoms with Gasteiger partial charge in [-0.15, -0.1) is 23.5 Å². The Hall–Kier alpha value is -1.94. The summed E-state index contributed by atoms with van der Waals surface area (Å²) in [4.78, 5) is 7.94. The fourth-order valence-electron chi connectivity index (χ4n) is 2.07. The number of halogens is 6. The molecule has 0 radical (unpaired) electrons. The van der Waals surface area contributed by atoms with Gasteiger partial charge in [-0.05, 0) is 61.0 Å². The van der Waals surface area contributed by atoms with Gasteiger partial charge in [0.2, 0.25) is 0 Å². The molecule has 2 rings (SSSR count). The third kappa shape index (κ3) is 6.03. The minimum absolute atomic E-state index is 0.250. The van der Waals surface area contributed by atoms with Crippen LogP contribution in [0.25, 0.3) is 0 Å². The van der Waals surface area contributed by atoms with Gasteiger partial charge < -0.3 is 0 Å². The summed E-state index contributed by atoms with van der Waals surface area (Å²) in [5, 5.41) is 0. The molecule has 150 valence electrons. The Bertz CT molecular complexity index is 780. The summed E-state index contributed by atoms with van der Waals surface area (Å²) in [7, 11) is 0. The number of nitrogens with zero attached hydrogens (tertiary/aromatic N) is 2. The minimum atomic E-state index is -5.34. The standard InChI is InChI=1S/C18H14F6N2S2/c1-27-13-7-3-11(4-8-13)25-15(17(19,20)21)16(18(22,23)24)26-12-5-9-14(28-2)10-6-12/h3-10H,1-2H3. The van der Waals surface area contributed by atoms with Gasteiger partial charge in [0.1, 0.15) is 0 Å². The van der Waals surface area contributed by atoms with Crippen molar-refractivity contribution in [1.82, 2.24) is 0 Å². The van der Waals surface area contributed by atoms with Gasteiger partial charge in [-0.2, -0.15) is 26.3 Å². The lowest BCUT2D eigenvalue weighted by Crippen LogP contribution is -2.40. The van der Waals surface area contributed by atoms with E-state index in [0.717, 1.165) is 9.79 Å². The van der Waals surface area contributed by atoms with Crippen LogP contribution in [0.2, 0.25) is 0 Å². The van der Waals surface area contributed by atoms with Crippen molar-refractivity contribution in [3.05, 3.63) is 48.5 Å². The van der Waals surface area contributed by atoms with Crippen LogP contribution in [0.15, 0.2) is 68.3 Å². The molecule has 0 atom stereocenters. The highest BCUT2D eigenvalue weighted by Gasteiger charge is 2.50. The van der Waals surface area contributed by atoms with Gasteiger partial charge in [-0.25, -0.2) is 9.98 Å². The monoisotopic (exact) mass is 436 g/mol. The molecule has 28 heavy (non-hydrogen) atoms. The van der Waals surface area contributed by atoms with Gasteiger partial charge in [0.25, 0.3) is 0 Å². The van der Waals surface area contributed by atoms with Crippen LogP contribution in [0.1, 0.15) is 0 Å². The molecule has 2 nitrogen and oxygen atoms in total. The van der Waals surface area contributed by atoms with Gasteiger partial charge >= 0.3 is 12.4 Å². The van der Waals surface area contributed by atoms with Crippen molar-refractivity contribution in [2.75, 3.05) is 12.5 Å². The Balaban J connectivity index is 2.59. The van der Waals surface area contributed by atoms with E-state index in [4.69, 9.17) is 0 Å². The first-order chi connectivity index (χ1) is 13.0. The van der Waals surface area contributed by atoms with Crippen molar-refractivity contribution in [1.29, 1.82) is 0 Å². The van der Waals surface area contributed by atoms with Crippen molar-refractivity contribution >= 4 is 46.3 Å². The molecule has 0 aliphatic carbocycles. The molecular weight excluding hydrogens is 422 g/mol. The van der Waals surface area contributed by atoms with E-state index in [2.05, 4.69) is 9.98 Å². The summed E-state index contributed by atoms with van der Waals surface area (Å²) in [6, 6.07) is 10.8. The molecule has 0 N–H and O–H groups in total. The molecule has 0 aliphatic rings. The summed E-state index contributed by atoms with van der Waals surface area (Å²) >= 11 is 2.68. The second-order valence-electron chi connectivity index (χ2n) is 5.31. The fourth-order valence-corrected chi connectivity index (χ4v) is 2.89. The van der Waals surface area contributed by atoms with Crippen LogP contribution in [-0.4, -0.2) is 36.3 Å². The van der Waals surface area contributed by atoms with Crippen molar-refractivity contribution in [2.24, 2.45) is 9.98 Å². The highest BCUT2D eigenvalue weighted by molar-refractivity contribution is 7.98. The maximum Gasteiger partial charge on any atom is 0.435 e. The molecule has 0 saturated heterocycles. The first-order valence-electron chi connectivity index (χ1n) is 7.65. The highest BCUT2D eigenvalue weighted by Crippen LogP contribution is 2.31. The van der Waals surface area contributed by atoms with Gasteiger partial charge in [0.15, 0.2) is 11.4 Å². The van der Waals surface area contributed by atoms with Crippen molar-refractivity contribution in [3.8, 4) is 0 Å². The average molecular weight is 436 g/mol. The molecular formula is C18H14F6N2S2. The van der Waals surface area contributed by atoms with Crippen LogP contribution in [-0.2, 0) is 0 Å². The van der Waals surface area contributed by atoms with Crippen LogP contribution in [0, 0.1) is 0 Å². The number of hydrogen-bond donors (Lipinski definition) is 0. The Kier molecular flexibility index (Phi) is 7.22. The van der Waals surface area contributed by atoms with Gasteiger partial charge in [0.05, 0.1) is 11.4 Å². The van der Waals surface area contributed by atoms with E-state index in [0.29, 0.717) is 0 Å². The minimum Gasteiger partial charge on any atom is -0.242 e. The maximum atomic E-state index is 13.4. The first kappa shape index (κ1) is 22.4. The first-order valence-corrected chi connectivity index (χ1v) is 10.1. The number of alkyl halides is 6. The molecule has 0 spiro atoms. The topological polar surface area (TPSA) is 24.7 Å². The zero-order valence-electron chi connectivity index (χ0n) is 14.6. The quantitative estimate of drug-likeness (QED) is 0.284. The molecule has 0 aromatic heterocycles. The predicted octanol–water partition coefficient (Wildman–Crippen LogP) is 7.10. The van der Waals surface area contributed by atoms with Crippen LogP contribution in [0.3, 0.4) is 0 Å². The molecule has 2 aromatic rings. The van der Waals surface area contributed by atoms with E-state index < -0.39 is 23.8 Å². The third-order valence-corrected chi connectivity index (χ3v) is 4.88. The number of thioether (sulfide) groups is 2.